The predicted octanol–water partition coefficient (Wildman–Crippen LogP) is 2.33. The van der Waals surface area contributed by atoms with E-state index in [-0.39, 0.29) is 0 Å². The van der Waals surface area contributed by atoms with Gasteiger partial charge in [-0.05, 0) is 17.7 Å². The molecule has 0 aliphatic carbocycles. The minimum absolute atomic E-state index is 0.308. The number of hydrogen-bond donors (Lipinski definition) is 2. The molecule has 1 rings (SSSR count). The fraction of sp³-hybridized carbons (Fsp3) is 0.100. The molecule has 0 fully saturated rings. The summed E-state index contributed by atoms with van der Waals surface area (Å²) in [5.74, 6) is -0.217. The van der Waals surface area contributed by atoms with Crippen LogP contribution in [0.3, 0.4) is 0 Å². The highest BCUT2D eigenvalue weighted by Gasteiger charge is 1.99. The summed E-state index contributed by atoms with van der Waals surface area (Å²) >= 11 is 4.02. The van der Waals surface area contributed by atoms with E-state index in [4.69, 9.17) is 5.11 Å². The van der Waals surface area contributed by atoms with E-state index in [0.717, 1.165) is 5.56 Å². The number of hydrogen-bond acceptors (Lipinski definition) is 2. The molecule has 1 N–H and O–H groups in total. The lowest BCUT2D eigenvalue weighted by atomic mass is 10.1. The Balaban J connectivity index is 2.81. The standard InChI is InChI=1S/C10H10O2S/c11-10(12)9-5-3-8(4-6-9)2-1-7-13/h1-6,13H,7H2,(H,11,12). The van der Waals surface area contributed by atoms with Crippen molar-refractivity contribution in [3.8, 4) is 0 Å². The van der Waals surface area contributed by atoms with E-state index in [1.807, 2.05) is 12.2 Å². The van der Waals surface area contributed by atoms with Crippen molar-refractivity contribution in [2.24, 2.45) is 0 Å². The van der Waals surface area contributed by atoms with Crippen LogP contribution in [0, 0.1) is 0 Å². The van der Waals surface area contributed by atoms with Crippen LogP contribution in [0.1, 0.15) is 15.9 Å². The first-order chi connectivity index (χ1) is 6.24. The van der Waals surface area contributed by atoms with Gasteiger partial charge in [-0.2, -0.15) is 12.6 Å². The van der Waals surface area contributed by atoms with Gasteiger partial charge in [-0.15, -0.1) is 0 Å². The van der Waals surface area contributed by atoms with Crippen LogP contribution >= 0.6 is 12.6 Å². The molecule has 1 aromatic rings. The third-order valence-corrected chi connectivity index (χ3v) is 1.78. The van der Waals surface area contributed by atoms with Gasteiger partial charge in [0.2, 0.25) is 0 Å². The Morgan fingerprint density at radius 1 is 1.38 bits per heavy atom. The quantitative estimate of drug-likeness (QED) is 0.725. The molecule has 2 nitrogen and oxygen atoms in total. The van der Waals surface area contributed by atoms with E-state index in [0.29, 0.717) is 11.3 Å². The minimum Gasteiger partial charge on any atom is -0.478 e. The summed E-state index contributed by atoms with van der Waals surface area (Å²) in [5.41, 5.74) is 1.29. The predicted molar refractivity (Wildman–Crippen MR) is 56.3 cm³/mol. The fourth-order valence-corrected chi connectivity index (χ4v) is 1.03. The van der Waals surface area contributed by atoms with E-state index >= 15 is 0 Å². The average Bonchev–Trinajstić information content (AvgIpc) is 2.15. The Hall–Kier alpha value is -1.22. The average molecular weight is 194 g/mol. The van der Waals surface area contributed by atoms with E-state index in [9.17, 15) is 4.79 Å². The van der Waals surface area contributed by atoms with Gasteiger partial charge in [-0.25, -0.2) is 4.79 Å². The third kappa shape index (κ3) is 2.95. The number of carbonyl (C=O) groups is 1. The number of aromatic carboxylic acids is 1. The van der Waals surface area contributed by atoms with Gasteiger partial charge >= 0.3 is 5.97 Å². The summed E-state index contributed by atoms with van der Waals surface area (Å²) in [5, 5.41) is 8.62. The molecule has 0 amide bonds. The van der Waals surface area contributed by atoms with Gasteiger partial charge in [0.1, 0.15) is 0 Å². The molecule has 0 aliphatic heterocycles. The Labute approximate surface area is 82.3 Å². The van der Waals surface area contributed by atoms with Crippen molar-refractivity contribution in [2.45, 2.75) is 0 Å². The molecule has 0 saturated carbocycles. The van der Waals surface area contributed by atoms with Gasteiger partial charge in [0.05, 0.1) is 5.56 Å². The van der Waals surface area contributed by atoms with Gasteiger partial charge < -0.3 is 5.11 Å². The first-order valence-electron chi connectivity index (χ1n) is 3.85. The first-order valence-corrected chi connectivity index (χ1v) is 4.48. The maximum atomic E-state index is 10.5. The second-order valence-corrected chi connectivity index (χ2v) is 2.88. The number of carboxylic acids is 1. The highest BCUT2D eigenvalue weighted by molar-refractivity contribution is 7.80. The molecule has 0 bridgehead atoms. The molecule has 0 aromatic heterocycles. The number of rotatable bonds is 3. The Morgan fingerprint density at radius 2 is 2.00 bits per heavy atom. The van der Waals surface area contributed by atoms with Crippen LogP contribution < -0.4 is 0 Å². The van der Waals surface area contributed by atoms with Crippen LogP contribution in [-0.2, 0) is 0 Å². The van der Waals surface area contributed by atoms with E-state index < -0.39 is 5.97 Å². The SMILES string of the molecule is O=C(O)c1ccc(C=CCS)cc1. The van der Waals surface area contributed by atoms with Gasteiger partial charge in [-0.3, -0.25) is 0 Å². The van der Waals surface area contributed by atoms with Crippen LogP contribution in [-0.4, -0.2) is 16.8 Å². The van der Waals surface area contributed by atoms with Crippen molar-refractivity contribution in [3.63, 3.8) is 0 Å². The van der Waals surface area contributed by atoms with E-state index in [1.165, 1.54) is 0 Å². The summed E-state index contributed by atoms with van der Waals surface area (Å²) in [4.78, 5) is 10.5. The largest absolute Gasteiger partial charge is 0.478 e. The lowest BCUT2D eigenvalue weighted by molar-refractivity contribution is 0.0697. The zero-order valence-corrected chi connectivity index (χ0v) is 7.87. The van der Waals surface area contributed by atoms with Crippen LogP contribution in [0.5, 0.6) is 0 Å². The van der Waals surface area contributed by atoms with Gasteiger partial charge in [0, 0.05) is 5.75 Å². The third-order valence-electron chi connectivity index (χ3n) is 1.57. The van der Waals surface area contributed by atoms with Crippen LogP contribution in [0.25, 0.3) is 6.08 Å². The topological polar surface area (TPSA) is 37.3 Å². The molecule has 1 aromatic carbocycles. The summed E-state index contributed by atoms with van der Waals surface area (Å²) in [7, 11) is 0. The molecule has 68 valence electrons. The number of benzene rings is 1. The summed E-state index contributed by atoms with van der Waals surface area (Å²) < 4.78 is 0. The molecule has 0 unspecified atom stereocenters. The molecule has 3 heteroatoms. The Kier molecular flexibility index (Phi) is 3.58. The van der Waals surface area contributed by atoms with Gasteiger partial charge in [0.25, 0.3) is 0 Å². The summed E-state index contributed by atoms with van der Waals surface area (Å²) in [6.45, 7) is 0. The maximum absolute atomic E-state index is 10.5. The number of carboxylic acid groups (broad SMARTS) is 1. The van der Waals surface area contributed by atoms with Crippen LogP contribution in [0.4, 0.5) is 0 Å². The lowest BCUT2D eigenvalue weighted by Gasteiger charge is -1.94. The summed E-state index contributed by atoms with van der Waals surface area (Å²) in [6.07, 6.45) is 3.80. The zero-order chi connectivity index (χ0) is 9.68. The second kappa shape index (κ2) is 4.72. The van der Waals surface area contributed by atoms with Gasteiger partial charge in [-0.1, -0.05) is 24.3 Å². The Morgan fingerprint density at radius 3 is 2.46 bits per heavy atom. The first kappa shape index (κ1) is 9.86. The smallest absolute Gasteiger partial charge is 0.335 e. The second-order valence-electron chi connectivity index (χ2n) is 2.51. The molecule has 0 heterocycles. The lowest BCUT2D eigenvalue weighted by Crippen LogP contribution is -1.94. The molecule has 0 aliphatic rings. The van der Waals surface area contributed by atoms with Crippen molar-refractivity contribution < 1.29 is 9.90 Å². The minimum atomic E-state index is -0.898. The molecular weight excluding hydrogens is 184 g/mol. The zero-order valence-electron chi connectivity index (χ0n) is 6.97. The van der Waals surface area contributed by atoms with Crippen molar-refractivity contribution in [2.75, 3.05) is 5.75 Å². The van der Waals surface area contributed by atoms with Crippen molar-refractivity contribution in [3.05, 3.63) is 41.5 Å². The molecular formula is C10H10O2S. The van der Waals surface area contributed by atoms with Crippen LogP contribution in [0.15, 0.2) is 30.3 Å². The molecule has 0 spiro atoms. The van der Waals surface area contributed by atoms with E-state index in [2.05, 4.69) is 12.6 Å². The van der Waals surface area contributed by atoms with Crippen molar-refractivity contribution in [1.82, 2.24) is 0 Å². The highest BCUT2D eigenvalue weighted by atomic mass is 32.1. The number of thiol groups is 1. The molecule has 13 heavy (non-hydrogen) atoms. The normalized spacial score (nSPS) is 10.5. The fourth-order valence-electron chi connectivity index (χ4n) is 0.926. The van der Waals surface area contributed by atoms with Crippen molar-refractivity contribution >= 4 is 24.7 Å². The molecule has 0 radical (unpaired) electrons. The summed E-state index contributed by atoms with van der Waals surface area (Å²) in [6, 6.07) is 6.70. The van der Waals surface area contributed by atoms with Crippen molar-refractivity contribution in [1.29, 1.82) is 0 Å². The van der Waals surface area contributed by atoms with E-state index in [1.54, 1.807) is 24.3 Å². The molecule has 0 atom stereocenters. The molecule has 0 saturated heterocycles. The van der Waals surface area contributed by atoms with Crippen LogP contribution in [0.2, 0.25) is 0 Å². The highest BCUT2D eigenvalue weighted by Crippen LogP contribution is 2.06. The maximum Gasteiger partial charge on any atom is 0.335 e. The Bertz CT molecular complexity index is 314. The van der Waals surface area contributed by atoms with Gasteiger partial charge in [0.15, 0.2) is 0 Å². The monoisotopic (exact) mass is 194 g/mol.